The first-order valence-electron chi connectivity index (χ1n) is 9.75. The van der Waals surface area contributed by atoms with E-state index < -0.39 is 0 Å². The number of hydrogen-bond donors (Lipinski definition) is 2. The van der Waals surface area contributed by atoms with Crippen molar-refractivity contribution in [1.82, 2.24) is 5.32 Å². The summed E-state index contributed by atoms with van der Waals surface area (Å²) in [6, 6.07) is 14.8. The minimum atomic E-state index is -0.345. The Morgan fingerprint density at radius 1 is 1.21 bits per heavy atom. The molecule has 0 fully saturated rings. The monoisotopic (exact) mass is 412 g/mol. The fourth-order valence-electron chi connectivity index (χ4n) is 3.25. The number of rotatable bonds is 8. The molecule has 1 heterocycles. The summed E-state index contributed by atoms with van der Waals surface area (Å²) in [5.41, 5.74) is 7.41. The zero-order chi connectivity index (χ0) is 20.8. The first-order chi connectivity index (χ1) is 14.0. The lowest BCUT2D eigenvalue weighted by atomic mass is 9.96. The van der Waals surface area contributed by atoms with Gasteiger partial charge in [-0.25, -0.2) is 0 Å². The summed E-state index contributed by atoms with van der Waals surface area (Å²) in [5.74, 6) is 0.0927. The van der Waals surface area contributed by atoms with Gasteiger partial charge in [0, 0.05) is 42.0 Å². The molecule has 0 radical (unpaired) electrons. The van der Waals surface area contributed by atoms with Gasteiger partial charge < -0.3 is 15.5 Å². The molecule has 1 aromatic heterocycles. The predicted molar refractivity (Wildman–Crippen MR) is 116 cm³/mol. The Balaban J connectivity index is 1.97. The predicted octanol–water partition coefficient (Wildman–Crippen LogP) is 3.68. The molecule has 3 N–H and O–H groups in total. The van der Waals surface area contributed by atoms with E-state index in [1.54, 1.807) is 18.2 Å². The molecular weight excluding hydrogens is 388 g/mol. The van der Waals surface area contributed by atoms with Gasteiger partial charge in [0.2, 0.25) is 5.91 Å². The SMILES string of the molecule is CC(Cc1oc2cc(Cl)ccc2c(=O)c1Cc1ccccc1)C(=O)NCCCN. The lowest BCUT2D eigenvalue weighted by Crippen LogP contribution is -2.32. The average Bonchev–Trinajstić information content (AvgIpc) is 2.71. The largest absolute Gasteiger partial charge is 0.460 e. The molecule has 0 aliphatic rings. The van der Waals surface area contributed by atoms with Crippen LogP contribution in [0.3, 0.4) is 0 Å². The van der Waals surface area contributed by atoms with Crippen LogP contribution >= 0.6 is 11.6 Å². The molecule has 0 spiro atoms. The third kappa shape index (κ3) is 5.25. The molecule has 3 rings (SSSR count). The molecule has 0 aliphatic carbocycles. The number of amides is 1. The van der Waals surface area contributed by atoms with Gasteiger partial charge >= 0.3 is 0 Å². The molecule has 6 heteroatoms. The van der Waals surface area contributed by atoms with E-state index in [-0.39, 0.29) is 17.3 Å². The molecule has 1 atom stereocenters. The van der Waals surface area contributed by atoms with Gasteiger partial charge in [0.25, 0.3) is 0 Å². The quantitative estimate of drug-likeness (QED) is 0.552. The molecule has 29 heavy (non-hydrogen) atoms. The fraction of sp³-hybridized carbons (Fsp3) is 0.304. The number of nitrogens with two attached hydrogens (primary N) is 1. The molecule has 0 bridgehead atoms. The molecule has 0 saturated heterocycles. The van der Waals surface area contributed by atoms with Gasteiger partial charge in [-0.1, -0.05) is 48.9 Å². The van der Waals surface area contributed by atoms with Crippen LogP contribution in [0.15, 0.2) is 57.7 Å². The van der Waals surface area contributed by atoms with Crippen molar-refractivity contribution in [2.45, 2.75) is 26.2 Å². The first-order valence-corrected chi connectivity index (χ1v) is 10.1. The van der Waals surface area contributed by atoms with Crippen molar-refractivity contribution in [2.24, 2.45) is 11.7 Å². The Morgan fingerprint density at radius 2 is 1.97 bits per heavy atom. The topological polar surface area (TPSA) is 85.3 Å². The highest BCUT2D eigenvalue weighted by Gasteiger charge is 2.21. The number of hydrogen-bond acceptors (Lipinski definition) is 4. The van der Waals surface area contributed by atoms with Crippen LogP contribution < -0.4 is 16.5 Å². The van der Waals surface area contributed by atoms with Gasteiger partial charge in [-0.2, -0.15) is 0 Å². The van der Waals surface area contributed by atoms with Crippen molar-refractivity contribution in [1.29, 1.82) is 0 Å². The van der Waals surface area contributed by atoms with Crippen LogP contribution in [0.4, 0.5) is 0 Å². The van der Waals surface area contributed by atoms with Crippen molar-refractivity contribution in [3.8, 4) is 0 Å². The summed E-state index contributed by atoms with van der Waals surface area (Å²) < 4.78 is 6.09. The fourth-order valence-corrected chi connectivity index (χ4v) is 3.42. The van der Waals surface area contributed by atoms with E-state index in [2.05, 4.69) is 5.32 Å². The number of benzene rings is 2. The average molecular weight is 413 g/mol. The third-order valence-electron chi connectivity index (χ3n) is 4.88. The van der Waals surface area contributed by atoms with Gasteiger partial charge in [-0.05, 0) is 30.7 Å². The molecule has 2 aromatic carbocycles. The van der Waals surface area contributed by atoms with Crippen LogP contribution in [0.5, 0.6) is 0 Å². The minimum Gasteiger partial charge on any atom is -0.460 e. The van der Waals surface area contributed by atoms with Crippen LogP contribution in [0.25, 0.3) is 11.0 Å². The number of fused-ring (bicyclic) bond motifs is 1. The molecule has 3 aromatic rings. The Bertz CT molecular complexity index is 1050. The molecular formula is C23H25ClN2O3. The van der Waals surface area contributed by atoms with E-state index in [1.807, 2.05) is 37.3 Å². The minimum absolute atomic E-state index is 0.0852. The number of halogens is 1. The number of carbonyl (C=O) groups excluding carboxylic acids is 1. The molecule has 152 valence electrons. The molecule has 1 amide bonds. The number of carbonyl (C=O) groups is 1. The summed E-state index contributed by atoms with van der Waals surface area (Å²) in [6.07, 6.45) is 1.49. The summed E-state index contributed by atoms with van der Waals surface area (Å²) in [5, 5.41) is 3.86. The molecule has 5 nitrogen and oxygen atoms in total. The molecule has 0 saturated carbocycles. The van der Waals surface area contributed by atoms with Crippen molar-refractivity contribution >= 4 is 28.5 Å². The van der Waals surface area contributed by atoms with Crippen molar-refractivity contribution in [3.05, 3.63) is 80.7 Å². The lowest BCUT2D eigenvalue weighted by Gasteiger charge is -2.15. The highest BCUT2D eigenvalue weighted by atomic mass is 35.5. The van der Waals surface area contributed by atoms with Gasteiger partial charge in [0.15, 0.2) is 5.43 Å². The second kappa shape index (κ2) is 9.72. The van der Waals surface area contributed by atoms with E-state index in [9.17, 15) is 9.59 Å². The van der Waals surface area contributed by atoms with Crippen molar-refractivity contribution in [3.63, 3.8) is 0 Å². The Hall–Kier alpha value is -2.63. The van der Waals surface area contributed by atoms with Crippen LogP contribution in [-0.2, 0) is 17.6 Å². The maximum atomic E-state index is 13.2. The second-order valence-corrected chi connectivity index (χ2v) is 7.61. The Kier molecular flexibility index (Phi) is 7.07. The Labute approximate surface area is 174 Å². The van der Waals surface area contributed by atoms with Crippen molar-refractivity contribution in [2.75, 3.05) is 13.1 Å². The lowest BCUT2D eigenvalue weighted by molar-refractivity contribution is -0.124. The van der Waals surface area contributed by atoms with Crippen LogP contribution in [0, 0.1) is 5.92 Å². The van der Waals surface area contributed by atoms with E-state index in [0.717, 1.165) is 12.0 Å². The summed E-state index contributed by atoms with van der Waals surface area (Å²) in [7, 11) is 0. The van der Waals surface area contributed by atoms with Gasteiger partial charge in [-0.3, -0.25) is 9.59 Å². The normalized spacial score (nSPS) is 12.1. The Morgan fingerprint density at radius 3 is 2.69 bits per heavy atom. The summed E-state index contributed by atoms with van der Waals surface area (Å²) in [4.78, 5) is 25.6. The summed E-state index contributed by atoms with van der Waals surface area (Å²) >= 11 is 6.08. The maximum Gasteiger partial charge on any atom is 0.223 e. The van der Waals surface area contributed by atoms with E-state index >= 15 is 0 Å². The van der Waals surface area contributed by atoms with Gasteiger partial charge in [0.05, 0.1) is 5.39 Å². The van der Waals surface area contributed by atoms with Gasteiger partial charge in [-0.15, -0.1) is 0 Å². The molecule has 1 unspecified atom stereocenters. The standard InChI is InChI=1S/C23H25ClN2O3/c1-15(23(28)26-11-5-10-25)12-20-19(13-16-6-3-2-4-7-16)22(27)18-9-8-17(24)14-21(18)29-20/h2-4,6-9,14-15H,5,10-13,25H2,1H3,(H,26,28). The zero-order valence-electron chi connectivity index (χ0n) is 16.4. The summed E-state index contributed by atoms with van der Waals surface area (Å²) in [6.45, 7) is 2.89. The third-order valence-corrected chi connectivity index (χ3v) is 5.11. The van der Waals surface area contributed by atoms with Crippen molar-refractivity contribution < 1.29 is 9.21 Å². The second-order valence-electron chi connectivity index (χ2n) is 7.17. The first kappa shape index (κ1) is 21.1. The molecule has 0 aliphatic heterocycles. The highest BCUT2D eigenvalue weighted by Crippen LogP contribution is 2.23. The van der Waals surface area contributed by atoms with Crippen LogP contribution in [0.2, 0.25) is 5.02 Å². The number of nitrogens with one attached hydrogen (secondary N) is 1. The van der Waals surface area contributed by atoms with E-state index in [0.29, 0.717) is 53.2 Å². The highest BCUT2D eigenvalue weighted by molar-refractivity contribution is 6.31. The van der Waals surface area contributed by atoms with E-state index in [1.165, 1.54) is 0 Å². The van der Waals surface area contributed by atoms with Gasteiger partial charge in [0.1, 0.15) is 11.3 Å². The van der Waals surface area contributed by atoms with Crippen LogP contribution in [0.1, 0.15) is 30.2 Å². The van der Waals surface area contributed by atoms with E-state index in [4.69, 9.17) is 21.8 Å². The smallest absolute Gasteiger partial charge is 0.223 e. The maximum absolute atomic E-state index is 13.2. The van der Waals surface area contributed by atoms with Crippen LogP contribution in [-0.4, -0.2) is 19.0 Å². The zero-order valence-corrected chi connectivity index (χ0v) is 17.2.